The Morgan fingerprint density at radius 3 is 2.35 bits per heavy atom. The van der Waals surface area contributed by atoms with Crippen molar-refractivity contribution in [1.29, 1.82) is 0 Å². The predicted molar refractivity (Wildman–Crippen MR) is 85.0 cm³/mol. The summed E-state index contributed by atoms with van der Waals surface area (Å²) in [5.74, 6) is 0.795. The van der Waals surface area contributed by atoms with Gasteiger partial charge < -0.3 is 11.5 Å². The van der Waals surface area contributed by atoms with Crippen molar-refractivity contribution in [2.24, 2.45) is 27.6 Å². The average Bonchev–Trinajstić information content (AvgIpc) is 2.93. The molecule has 108 valence electrons. The molecule has 1 saturated carbocycles. The molecule has 0 heterocycles. The molecular weight excluding hydrogens is 272 g/mol. The molecule has 2 rings (SSSR count). The molecule has 0 atom stereocenters. The fourth-order valence-corrected chi connectivity index (χ4v) is 2.78. The van der Waals surface area contributed by atoms with Crippen LogP contribution in [0.15, 0.2) is 34.5 Å². The molecule has 20 heavy (non-hydrogen) atoms. The Morgan fingerprint density at radius 1 is 1.10 bits per heavy atom. The molecule has 1 aromatic rings. The number of hydrogen-bond acceptors (Lipinski definition) is 2. The van der Waals surface area contributed by atoms with Crippen LogP contribution < -0.4 is 11.5 Å². The van der Waals surface area contributed by atoms with E-state index in [-0.39, 0.29) is 5.96 Å². The van der Waals surface area contributed by atoms with Crippen LogP contribution in [0.2, 0.25) is 5.02 Å². The lowest BCUT2D eigenvalue weighted by Crippen LogP contribution is -2.22. The van der Waals surface area contributed by atoms with Crippen molar-refractivity contribution in [3.8, 4) is 0 Å². The van der Waals surface area contributed by atoms with Crippen molar-refractivity contribution in [3.05, 3.63) is 34.9 Å². The first-order valence-electron chi connectivity index (χ1n) is 7.06. The van der Waals surface area contributed by atoms with Crippen molar-refractivity contribution >= 4 is 23.3 Å². The summed E-state index contributed by atoms with van der Waals surface area (Å²) in [7, 11) is 0. The normalized spacial score (nSPS) is 16.4. The molecule has 0 bridgehead atoms. The number of rotatable bonds is 5. The molecule has 0 aliphatic heterocycles. The quantitative estimate of drug-likeness (QED) is 0.496. The van der Waals surface area contributed by atoms with E-state index in [0.717, 1.165) is 30.0 Å². The molecule has 0 radical (unpaired) electrons. The van der Waals surface area contributed by atoms with Crippen LogP contribution in [0.5, 0.6) is 0 Å². The van der Waals surface area contributed by atoms with Crippen LogP contribution in [0.3, 0.4) is 0 Å². The van der Waals surface area contributed by atoms with E-state index in [9.17, 15) is 0 Å². The van der Waals surface area contributed by atoms with E-state index in [0.29, 0.717) is 5.02 Å². The first-order chi connectivity index (χ1) is 9.65. The van der Waals surface area contributed by atoms with Crippen molar-refractivity contribution in [1.82, 2.24) is 0 Å². The monoisotopic (exact) mass is 292 g/mol. The number of nitrogens with two attached hydrogens (primary N) is 2. The maximum atomic E-state index is 5.92. The van der Waals surface area contributed by atoms with E-state index in [1.54, 1.807) is 0 Å². The van der Waals surface area contributed by atoms with Gasteiger partial charge in [0.2, 0.25) is 5.96 Å². The maximum Gasteiger partial charge on any atom is 0.211 e. The average molecular weight is 293 g/mol. The zero-order valence-electron chi connectivity index (χ0n) is 11.6. The second-order valence-electron chi connectivity index (χ2n) is 5.27. The highest BCUT2D eigenvalue weighted by atomic mass is 35.5. The Balaban J connectivity index is 2.09. The summed E-state index contributed by atoms with van der Waals surface area (Å²) < 4.78 is 0. The number of benzene rings is 1. The zero-order chi connectivity index (χ0) is 14.4. The summed E-state index contributed by atoms with van der Waals surface area (Å²) in [6.07, 6.45) is 7.40. The molecule has 5 heteroatoms. The molecule has 1 fully saturated rings. The lowest BCUT2D eigenvalue weighted by atomic mass is 9.97. The van der Waals surface area contributed by atoms with Gasteiger partial charge in [-0.3, -0.25) is 0 Å². The molecule has 1 aromatic carbocycles. The first kappa shape index (κ1) is 14.9. The van der Waals surface area contributed by atoms with Crippen LogP contribution in [0.1, 0.15) is 44.1 Å². The third-order valence-electron chi connectivity index (χ3n) is 3.73. The predicted octanol–water partition coefficient (Wildman–Crippen LogP) is 3.29. The van der Waals surface area contributed by atoms with Gasteiger partial charge in [0.25, 0.3) is 0 Å². The maximum absolute atomic E-state index is 5.92. The van der Waals surface area contributed by atoms with Crippen molar-refractivity contribution in [3.63, 3.8) is 0 Å². The van der Waals surface area contributed by atoms with Crippen molar-refractivity contribution in [2.75, 3.05) is 0 Å². The van der Waals surface area contributed by atoms with Gasteiger partial charge in [-0.1, -0.05) is 49.4 Å². The van der Waals surface area contributed by atoms with Crippen LogP contribution in [0, 0.1) is 5.92 Å². The van der Waals surface area contributed by atoms with Gasteiger partial charge in [0.15, 0.2) is 0 Å². The molecule has 1 aliphatic rings. The summed E-state index contributed by atoms with van der Waals surface area (Å²) in [5, 5.41) is 8.71. The smallest absolute Gasteiger partial charge is 0.211 e. The molecule has 0 spiro atoms. The lowest BCUT2D eigenvalue weighted by molar-refractivity contribution is 0.515. The molecule has 0 amide bonds. The van der Waals surface area contributed by atoms with Crippen LogP contribution >= 0.6 is 11.6 Å². The van der Waals surface area contributed by atoms with E-state index in [4.69, 9.17) is 23.1 Å². The van der Waals surface area contributed by atoms with Gasteiger partial charge in [-0.2, -0.15) is 5.10 Å². The van der Waals surface area contributed by atoms with Crippen LogP contribution in [-0.2, 0) is 0 Å². The highest BCUT2D eigenvalue weighted by molar-refractivity contribution is 6.30. The Morgan fingerprint density at radius 2 is 1.75 bits per heavy atom. The van der Waals surface area contributed by atoms with Gasteiger partial charge in [-0.15, -0.1) is 5.10 Å². The SMILES string of the molecule is NC(N)=NN=C(CCC1CCCC1)c1ccc(Cl)cc1. The fourth-order valence-electron chi connectivity index (χ4n) is 2.65. The minimum absolute atomic E-state index is 0.0164. The molecular formula is C15H21ClN4. The second-order valence-corrected chi connectivity index (χ2v) is 5.70. The Labute approximate surface area is 124 Å². The summed E-state index contributed by atoms with van der Waals surface area (Å²) >= 11 is 5.92. The standard InChI is InChI=1S/C15H21ClN4/c16-13-8-6-12(7-9-13)14(19-20-15(17)18)10-5-11-3-1-2-4-11/h6-9,11H,1-5,10H2,(H4,17,18,20). The number of halogens is 1. The highest BCUT2D eigenvalue weighted by Gasteiger charge is 2.16. The topological polar surface area (TPSA) is 76.8 Å². The molecule has 4 N–H and O–H groups in total. The number of hydrogen-bond donors (Lipinski definition) is 2. The summed E-state index contributed by atoms with van der Waals surface area (Å²) in [5.41, 5.74) is 12.7. The van der Waals surface area contributed by atoms with E-state index in [1.165, 1.54) is 25.7 Å². The zero-order valence-corrected chi connectivity index (χ0v) is 12.3. The Kier molecular flexibility index (Phi) is 5.41. The van der Waals surface area contributed by atoms with Crippen molar-refractivity contribution in [2.45, 2.75) is 38.5 Å². The molecule has 0 unspecified atom stereocenters. The summed E-state index contributed by atoms with van der Waals surface area (Å²) in [4.78, 5) is 0. The Bertz CT molecular complexity index is 483. The Hall–Kier alpha value is -1.55. The number of guanidine groups is 1. The van der Waals surface area contributed by atoms with E-state index >= 15 is 0 Å². The molecule has 1 aliphatic carbocycles. The number of nitrogens with zero attached hydrogens (tertiary/aromatic N) is 2. The van der Waals surface area contributed by atoms with E-state index < -0.39 is 0 Å². The minimum atomic E-state index is -0.0164. The third-order valence-corrected chi connectivity index (χ3v) is 3.98. The molecule has 4 nitrogen and oxygen atoms in total. The van der Waals surface area contributed by atoms with Gasteiger partial charge in [-0.25, -0.2) is 0 Å². The van der Waals surface area contributed by atoms with Gasteiger partial charge in [0.05, 0.1) is 5.71 Å². The second kappa shape index (κ2) is 7.29. The molecule has 0 aromatic heterocycles. The fraction of sp³-hybridized carbons (Fsp3) is 0.467. The van der Waals surface area contributed by atoms with E-state index in [1.807, 2.05) is 24.3 Å². The van der Waals surface area contributed by atoms with Crippen molar-refractivity contribution < 1.29 is 0 Å². The van der Waals surface area contributed by atoms with Crippen LogP contribution in [0.25, 0.3) is 0 Å². The highest BCUT2D eigenvalue weighted by Crippen LogP contribution is 2.29. The lowest BCUT2D eigenvalue weighted by Gasteiger charge is -2.10. The first-order valence-corrected chi connectivity index (χ1v) is 7.44. The minimum Gasteiger partial charge on any atom is -0.369 e. The van der Waals surface area contributed by atoms with Crippen LogP contribution in [0.4, 0.5) is 0 Å². The summed E-state index contributed by atoms with van der Waals surface area (Å²) in [6, 6.07) is 7.63. The van der Waals surface area contributed by atoms with Gasteiger partial charge in [0.1, 0.15) is 0 Å². The van der Waals surface area contributed by atoms with E-state index in [2.05, 4.69) is 10.2 Å². The largest absolute Gasteiger partial charge is 0.369 e. The van der Waals surface area contributed by atoms with Gasteiger partial charge >= 0.3 is 0 Å². The van der Waals surface area contributed by atoms with Gasteiger partial charge in [-0.05, 0) is 36.5 Å². The van der Waals surface area contributed by atoms with Crippen LogP contribution in [-0.4, -0.2) is 11.7 Å². The summed E-state index contributed by atoms with van der Waals surface area (Å²) in [6.45, 7) is 0. The van der Waals surface area contributed by atoms with Gasteiger partial charge in [0, 0.05) is 5.02 Å². The molecule has 0 saturated heterocycles. The third kappa shape index (κ3) is 4.53.